The quantitative estimate of drug-likeness (QED) is 0.594. The monoisotopic (exact) mass is 213 g/mol. The average Bonchev–Trinajstić information content (AvgIpc) is 2.74. The van der Waals surface area contributed by atoms with E-state index < -0.39 is 0 Å². The van der Waals surface area contributed by atoms with E-state index in [1.165, 1.54) is 25.9 Å². The van der Waals surface area contributed by atoms with Gasteiger partial charge in [-0.1, -0.05) is 6.92 Å². The molecule has 1 saturated heterocycles. The van der Waals surface area contributed by atoms with Crippen LogP contribution in [0.3, 0.4) is 0 Å². The number of rotatable bonds is 7. The van der Waals surface area contributed by atoms with E-state index in [1.54, 1.807) is 0 Å². The fourth-order valence-corrected chi connectivity index (χ4v) is 1.77. The van der Waals surface area contributed by atoms with E-state index in [4.69, 9.17) is 0 Å². The summed E-state index contributed by atoms with van der Waals surface area (Å²) in [5, 5.41) is 6.01. The first kappa shape index (κ1) is 12.5. The van der Waals surface area contributed by atoms with Crippen LogP contribution in [0, 0.1) is 0 Å². The van der Waals surface area contributed by atoms with Gasteiger partial charge in [-0.2, -0.15) is 0 Å². The summed E-state index contributed by atoms with van der Waals surface area (Å²) >= 11 is 0. The van der Waals surface area contributed by atoms with Crippen molar-refractivity contribution in [2.24, 2.45) is 0 Å². The van der Waals surface area contributed by atoms with E-state index >= 15 is 0 Å². The number of amides is 1. The highest BCUT2D eigenvalue weighted by atomic mass is 16.1. The molecule has 88 valence electrons. The van der Waals surface area contributed by atoms with Crippen LogP contribution in [0.2, 0.25) is 0 Å². The van der Waals surface area contributed by atoms with Crippen LogP contribution in [0.15, 0.2) is 0 Å². The molecular formula is C11H23N3O. The minimum Gasteiger partial charge on any atom is -0.355 e. The molecule has 0 atom stereocenters. The first-order valence-electron chi connectivity index (χ1n) is 6.02. The van der Waals surface area contributed by atoms with Crippen LogP contribution in [0.1, 0.15) is 26.2 Å². The molecule has 1 aliphatic rings. The third kappa shape index (κ3) is 5.74. The number of likely N-dealkylation sites (tertiary alicyclic amines) is 1. The maximum absolute atomic E-state index is 11.2. The van der Waals surface area contributed by atoms with Crippen LogP contribution < -0.4 is 10.6 Å². The Hall–Kier alpha value is -0.610. The summed E-state index contributed by atoms with van der Waals surface area (Å²) in [7, 11) is 0. The van der Waals surface area contributed by atoms with E-state index in [0.29, 0.717) is 6.54 Å². The zero-order chi connectivity index (χ0) is 10.9. The third-order valence-electron chi connectivity index (χ3n) is 2.66. The summed E-state index contributed by atoms with van der Waals surface area (Å²) in [6, 6.07) is 0. The normalized spacial score (nSPS) is 16.9. The molecule has 1 rings (SSSR count). The molecule has 2 N–H and O–H groups in total. The second-order valence-corrected chi connectivity index (χ2v) is 4.08. The van der Waals surface area contributed by atoms with Gasteiger partial charge >= 0.3 is 0 Å². The molecule has 1 heterocycles. The van der Waals surface area contributed by atoms with Crippen LogP contribution >= 0.6 is 0 Å². The summed E-state index contributed by atoms with van der Waals surface area (Å²) < 4.78 is 0. The molecule has 0 radical (unpaired) electrons. The summed E-state index contributed by atoms with van der Waals surface area (Å²) in [4.78, 5) is 13.7. The van der Waals surface area contributed by atoms with Gasteiger partial charge in [0.2, 0.25) is 5.91 Å². The first-order chi connectivity index (χ1) is 7.33. The Morgan fingerprint density at radius 1 is 1.27 bits per heavy atom. The summed E-state index contributed by atoms with van der Waals surface area (Å²) in [5.41, 5.74) is 0. The van der Waals surface area contributed by atoms with E-state index in [2.05, 4.69) is 22.5 Å². The highest BCUT2D eigenvalue weighted by Gasteiger charge is 2.10. The average molecular weight is 213 g/mol. The van der Waals surface area contributed by atoms with Gasteiger partial charge in [0.25, 0.3) is 0 Å². The summed E-state index contributed by atoms with van der Waals surface area (Å²) in [6.45, 7) is 7.73. The maximum atomic E-state index is 11.2. The van der Waals surface area contributed by atoms with Crippen molar-refractivity contribution in [2.75, 3.05) is 39.3 Å². The van der Waals surface area contributed by atoms with E-state index in [0.717, 1.165) is 26.1 Å². The van der Waals surface area contributed by atoms with Gasteiger partial charge in [-0.05, 0) is 32.4 Å². The van der Waals surface area contributed by atoms with Gasteiger partial charge in [-0.15, -0.1) is 0 Å². The van der Waals surface area contributed by atoms with Gasteiger partial charge in [-0.25, -0.2) is 0 Å². The first-order valence-corrected chi connectivity index (χ1v) is 6.02. The molecule has 1 aliphatic heterocycles. The van der Waals surface area contributed by atoms with Gasteiger partial charge in [0.1, 0.15) is 0 Å². The third-order valence-corrected chi connectivity index (χ3v) is 2.66. The van der Waals surface area contributed by atoms with Gasteiger partial charge in [0.05, 0.1) is 6.54 Å². The molecule has 1 amide bonds. The minimum absolute atomic E-state index is 0.110. The number of nitrogens with zero attached hydrogens (tertiary/aromatic N) is 1. The fourth-order valence-electron chi connectivity index (χ4n) is 1.77. The van der Waals surface area contributed by atoms with Crippen LogP contribution in [-0.2, 0) is 4.79 Å². The van der Waals surface area contributed by atoms with Crippen LogP contribution in [0.4, 0.5) is 0 Å². The van der Waals surface area contributed by atoms with Crippen molar-refractivity contribution in [2.45, 2.75) is 26.2 Å². The zero-order valence-corrected chi connectivity index (χ0v) is 9.72. The lowest BCUT2D eigenvalue weighted by molar-refractivity contribution is -0.120. The van der Waals surface area contributed by atoms with Crippen molar-refractivity contribution < 1.29 is 4.79 Å². The maximum Gasteiger partial charge on any atom is 0.233 e. The standard InChI is InChI=1S/C11H23N3O/c1-2-5-13-11(15)10-12-6-9-14-7-3-4-8-14/h12H,2-10H2,1H3,(H,13,15). The topological polar surface area (TPSA) is 44.4 Å². The lowest BCUT2D eigenvalue weighted by atomic mass is 10.4. The molecule has 0 aromatic rings. The Balaban J connectivity index is 1.89. The van der Waals surface area contributed by atoms with Crippen molar-refractivity contribution in [1.29, 1.82) is 0 Å². The Morgan fingerprint density at radius 3 is 2.67 bits per heavy atom. The fraction of sp³-hybridized carbons (Fsp3) is 0.909. The molecule has 0 aliphatic carbocycles. The van der Waals surface area contributed by atoms with E-state index in [9.17, 15) is 4.79 Å². The van der Waals surface area contributed by atoms with Crippen LogP contribution in [-0.4, -0.2) is 50.1 Å². The van der Waals surface area contributed by atoms with Gasteiger partial charge in [-0.3, -0.25) is 4.79 Å². The summed E-state index contributed by atoms with van der Waals surface area (Å²) in [5.74, 6) is 0.110. The molecule has 0 spiro atoms. The largest absolute Gasteiger partial charge is 0.355 e. The molecule has 0 aromatic carbocycles. The molecule has 0 saturated carbocycles. The summed E-state index contributed by atoms with van der Waals surface area (Å²) in [6.07, 6.45) is 3.66. The molecule has 0 unspecified atom stereocenters. The van der Waals surface area contributed by atoms with Gasteiger partial charge in [0.15, 0.2) is 0 Å². The van der Waals surface area contributed by atoms with Gasteiger partial charge < -0.3 is 15.5 Å². The Kier molecular flexibility index (Phi) is 6.36. The number of hydrogen-bond donors (Lipinski definition) is 2. The highest BCUT2D eigenvalue weighted by Crippen LogP contribution is 2.05. The van der Waals surface area contributed by atoms with Crippen molar-refractivity contribution in [3.8, 4) is 0 Å². The van der Waals surface area contributed by atoms with E-state index in [-0.39, 0.29) is 5.91 Å². The lowest BCUT2D eigenvalue weighted by Crippen LogP contribution is -2.37. The predicted octanol–water partition coefficient (Wildman–Crippen LogP) is 0.198. The van der Waals surface area contributed by atoms with Crippen molar-refractivity contribution in [3.63, 3.8) is 0 Å². The van der Waals surface area contributed by atoms with Gasteiger partial charge in [0, 0.05) is 19.6 Å². The number of hydrogen-bond acceptors (Lipinski definition) is 3. The second kappa shape index (κ2) is 7.65. The number of nitrogens with one attached hydrogen (secondary N) is 2. The van der Waals surface area contributed by atoms with E-state index in [1.807, 2.05) is 0 Å². The Morgan fingerprint density at radius 2 is 2.00 bits per heavy atom. The van der Waals surface area contributed by atoms with Crippen LogP contribution in [0.25, 0.3) is 0 Å². The Bertz CT molecular complexity index is 179. The SMILES string of the molecule is CCCNC(=O)CNCCN1CCCC1. The number of carbonyl (C=O) groups excluding carboxylic acids is 1. The predicted molar refractivity (Wildman–Crippen MR) is 61.8 cm³/mol. The lowest BCUT2D eigenvalue weighted by Gasteiger charge is -2.14. The molecule has 4 nitrogen and oxygen atoms in total. The molecular weight excluding hydrogens is 190 g/mol. The molecule has 15 heavy (non-hydrogen) atoms. The number of carbonyl (C=O) groups is 1. The molecule has 4 heteroatoms. The molecule has 1 fully saturated rings. The van der Waals surface area contributed by atoms with Crippen molar-refractivity contribution >= 4 is 5.91 Å². The molecule has 0 bridgehead atoms. The van der Waals surface area contributed by atoms with Crippen molar-refractivity contribution in [3.05, 3.63) is 0 Å². The molecule has 0 aromatic heterocycles. The minimum atomic E-state index is 0.110. The highest BCUT2D eigenvalue weighted by molar-refractivity contribution is 5.77. The zero-order valence-electron chi connectivity index (χ0n) is 9.72. The smallest absolute Gasteiger partial charge is 0.233 e. The second-order valence-electron chi connectivity index (χ2n) is 4.08. The Labute approximate surface area is 92.4 Å². The van der Waals surface area contributed by atoms with Crippen LogP contribution in [0.5, 0.6) is 0 Å². The van der Waals surface area contributed by atoms with Crippen molar-refractivity contribution in [1.82, 2.24) is 15.5 Å².